The molecule has 3 heteroatoms. The summed E-state index contributed by atoms with van der Waals surface area (Å²) in [6, 6.07) is 2.68. The molecule has 2 aliphatic carbocycles. The van der Waals surface area contributed by atoms with E-state index >= 15 is 0 Å². The molecule has 1 aromatic rings. The molecule has 104 valence electrons. The van der Waals surface area contributed by atoms with Crippen molar-refractivity contribution < 1.29 is 4.79 Å². The highest BCUT2D eigenvalue weighted by atomic mass is 32.1. The number of thiophene rings is 1. The third kappa shape index (κ3) is 3.59. The first-order chi connectivity index (χ1) is 9.33. The van der Waals surface area contributed by atoms with Crippen LogP contribution >= 0.6 is 11.3 Å². The van der Waals surface area contributed by atoms with Crippen molar-refractivity contribution in [2.24, 2.45) is 5.92 Å². The fraction of sp³-hybridized carbons (Fsp3) is 0.688. The van der Waals surface area contributed by atoms with Crippen molar-refractivity contribution in [1.29, 1.82) is 0 Å². The topological polar surface area (TPSA) is 20.3 Å². The van der Waals surface area contributed by atoms with Crippen molar-refractivity contribution in [1.82, 2.24) is 4.90 Å². The Balaban J connectivity index is 1.57. The summed E-state index contributed by atoms with van der Waals surface area (Å²) in [6.07, 6.45) is 9.76. The van der Waals surface area contributed by atoms with E-state index in [2.05, 4.69) is 21.7 Å². The molecule has 1 heterocycles. The Morgan fingerprint density at radius 1 is 1.21 bits per heavy atom. The van der Waals surface area contributed by atoms with Gasteiger partial charge < -0.3 is 4.90 Å². The van der Waals surface area contributed by atoms with E-state index in [1.54, 1.807) is 11.3 Å². The standard InChI is InChI=1S/C16H23NOS/c18-16(10-13-4-2-1-3-5-13)17(15-6-7-15)11-14-8-9-19-12-14/h8-9,12-13,15H,1-7,10-11H2. The highest BCUT2D eigenvalue weighted by Crippen LogP contribution is 2.32. The number of rotatable bonds is 5. The molecule has 2 fully saturated rings. The van der Waals surface area contributed by atoms with Crippen LogP contribution in [-0.4, -0.2) is 16.8 Å². The summed E-state index contributed by atoms with van der Waals surface area (Å²) in [5, 5.41) is 4.27. The van der Waals surface area contributed by atoms with Gasteiger partial charge in [-0.1, -0.05) is 19.3 Å². The SMILES string of the molecule is O=C(CC1CCCCC1)N(Cc1ccsc1)C1CC1. The highest BCUT2D eigenvalue weighted by molar-refractivity contribution is 7.07. The van der Waals surface area contributed by atoms with E-state index in [0.29, 0.717) is 17.9 Å². The highest BCUT2D eigenvalue weighted by Gasteiger charge is 2.33. The molecule has 0 spiro atoms. The van der Waals surface area contributed by atoms with Gasteiger partial charge in [0, 0.05) is 19.0 Å². The second-order valence-electron chi connectivity index (χ2n) is 6.09. The van der Waals surface area contributed by atoms with Gasteiger partial charge >= 0.3 is 0 Å². The smallest absolute Gasteiger partial charge is 0.223 e. The molecule has 2 nitrogen and oxygen atoms in total. The maximum atomic E-state index is 12.5. The molecule has 0 N–H and O–H groups in total. The van der Waals surface area contributed by atoms with Crippen molar-refractivity contribution in [3.63, 3.8) is 0 Å². The van der Waals surface area contributed by atoms with E-state index in [1.807, 2.05) is 0 Å². The molecule has 3 rings (SSSR count). The van der Waals surface area contributed by atoms with Crippen LogP contribution in [0, 0.1) is 5.92 Å². The van der Waals surface area contributed by atoms with E-state index in [9.17, 15) is 4.79 Å². The van der Waals surface area contributed by atoms with Crippen LogP contribution in [0.1, 0.15) is 56.9 Å². The quantitative estimate of drug-likeness (QED) is 0.789. The van der Waals surface area contributed by atoms with Gasteiger partial charge in [0.15, 0.2) is 0 Å². The summed E-state index contributed by atoms with van der Waals surface area (Å²) in [6.45, 7) is 0.833. The first-order valence-corrected chi connectivity index (χ1v) is 8.58. The van der Waals surface area contributed by atoms with Crippen LogP contribution in [0.15, 0.2) is 16.8 Å². The predicted molar refractivity (Wildman–Crippen MR) is 79.1 cm³/mol. The number of nitrogens with zero attached hydrogens (tertiary/aromatic N) is 1. The largest absolute Gasteiger partial charge is 0.335 e. The zero-order valence-corrected chi connectivity index (χ0v) is 12.3. The average Bonchev–Trinajstić information content (AvgIpc) is 3.14. The molecule has 2 aliphatic rings. The fourth-order valence-electron chi connectivity index (χ4n) is 3.14. The molecule has 0 unspecified atom stereocenters. The van der Waals surface area contributed by atoms with Gasteiger partial charge in [0.1, 0.15) is 0 Å². The molecule has 1 aromatic heterocycles. The second kappa shape index (κ2) is 6.08. The predicted octanol–water partition coefficient (Wildman–Crippen LogP) is 4.21. The van der Waals surface area contributed by atoms with Gasteiger partial charge in [0.2, 0.25) is 5.91 Å². The minimum Gasteiger partial charge on any atom is -0.335 e. The molecule has 0 aromatic carbocycles. The molecular weight excluding hydrogens is 254 g/mol. The summed E-state index contributed by atoms with van der Waals surface area (Å²) in [5.74, 6) is 1.06. The van der Waals surface area contributed by atoms with Crippen LogP contribution in [0.4, 0.5) is 0 Å². The van der Waals surface area contributed by atoms with E-state index in [1.165, 1.54) is 50.5 Å². The van der Waals surface area contributed by atoms with E-state index < -0.39 is 0 Å². The van der Waals surface area contributed by atoms with Crippen molar-refractivity contribution in [3.8, 4) is 0 Å². The lowest BCUT2D eigenvalue weighted by atomic mass is 9.86. The fourth-order valence-corrected chi connectivity index (χ4v) is 3.80. The molecule has 2 saturated carbocycles. The normalized spacial score (nSPS) is 20.4. The summed E-state index contributed by atoms with van der Waals surface area (Å²) in [7, 11) is 0. The Kier molecular flexibility index (Phi) is 4.21. The summed E-state index contributed by atoms with van der Waals surface area (Å²) >= 11 is 1.72. The second-order valence-corrected chi connectivity index (χ2v) is 6.87. The zero-order chi connectivity index (χ0) is 13.1. The summed E-state index contributed by atoms with van der Waals surface area (Å²) in [4.78, 5) is 14.7. The molecule has 0 aliphatic heterocycles. The van der Waals surface area contributed by atoms with Gasteiger partial charge in [-0.25, -0.2) is 0 Å². The summed E-state index contributed by atoms with van der Waals surface area (Å²) in [5.41, 5.74) is 1.30. The van der Waals surface area contributed by atoms with Gasteiger partial charge in [-0.15, -0.1) is 0 Å². The van der Waals surface area contributed by atoms with Gasteiger partial charge in [-0.3, -0.25) is 4.79 Å². The van der Waals surface area contributed by atoms with Gasteiger partial charge in [-0.2, -0.15) is 11.3 Å². The summed E-state index contributed by atoms with van der Waals surface area (Å²) < 4.78 is 0. The lowest BCUT2D eigenvalue weighted by molar-refractivity contribution is -0.133. The van der Waals surface area contributed by atoms with Crippen LogP contribution in [0.3, 0.4) is 0 Å². The van der Waals surface area contributed by atoms with E-state index in [-0.39, 0.29) is 0 Å². The molecule has 19 heavy (non-hydrogen) atoms. The first kappa shape index (κ1) is 13.2. The first-order valence-electron chi connectivity index (χ1n) is 7.63. The van der Waals surface area contributed by atoms with Crippen molar-refractivity contribution in [2.45, 2.75) is 64.0 Å². The van der Waals surface area contributed by atoms with Gasteiger partial charge in [0.05, 0.1) is 0 Å². The number of hydrogen-bond acceptors (Lipinski definition) is 2. The van der Waals surface area contributed by atoms with Crippen molar-refractivity contribution in [2.75, 3.05) is 0 Å². The zero-order valence-electron chi connectivity index (χ0n) is 11.5. The number of hydrogen-bond donors (Lipinski definition) is 0. The molecule has 1 amide bonds. The third-order valence-electron chi connectivity index (χ3n) is 4.43. The number of amides is 1. The molecule has 0 atom stereocenters. The van der Waals surface area contributed by atoms with E-state index in [0.717, 1.165) is 13.0 Å². The van der Waals surface area contributed by atoms with Crippen LogP contribution in [0.25, 0.3) is 0 Å². The van der Waals surface area contributed by atoms with Gasteiger partial charge in [-0.05, 0) is 54.0 Å². The lowest BCUT2D eigenvalue weighted by Gasteiger charge is -2.26. The average molecular weight is 277 g/mol. The molecule has 0 radical (unpaired) electrons. The number of carbonyl (C=O) groups is 1. The van der Waals surface area contributed by atoms with Crippen LogP contribution in [0.5, 0.6) is 0 Å². The maximum Gasteiger partial charge on any atom is 0.223 e. The van der Waals surface area contributed by atoms with E-state index in [4.69, 9.17) is 0 Å². The minimum atomic E-state index is 0.403. The van der Waals surface area contributed by atoms with Crippen LogP contribution in [-0.2, 0) is 11.3 Å². The van der Waals surface area contributed by atoms with Crippen molar-refractivity contribution in [3.05, 3.63) is 22.4 Å². The Morgan fingerprint density at radius 2 is 2.00 bits per heavy atom. The van der Waals surface area contributed by atoms with Crippen LogP contribution < -0.4 is 0 Å². The molecule has 0 saturated heterocycles. The van der Waals surface area contributed by atoms with Crippen LogP contribution in [0.2, 0.25) is 0 Å². The Bertz CT molecular complexity index is 404. The Morgan fingerprint density at radius 3 is 2.63 bits per heavy atom. The molecular formula is C16H23NOS. The van der Waals surface area contributed by atoms with Crippen molar-refractivity contribution >= 4 is 17.2 Å². The Labute approximate surface area is 119 Å². The lowest BCUT2D eigenvalue weighted by Crippen LogP contribution is -2.34. The minimum absolute atomic E-state index is 0.403. The molecule has 0 bridgehead atoms. The monoisotopic (exact) mass is 277 g/mol. The Hall–Kier alpha value is -0.830. The third-order valence-corrected chi connectivity index (χ3v) is 5.16. The number of carbonyl (C=O) groups excluding carboxylic acids is 1. The van der Waals surface area contributed by atoms with Gasteiger partial charge in [0.25, 0.3) is 0 Å². The maximum absolute atomic E-state index is 12.5.